The first kappa shape index (κ1) is 23.7. The van der Waals surface area contributed by atoms with E-state index in [1.54, 1.807) is 24.3 Å². The lowest BCUT2D eigenvalue weighted by Gasteiger charge is -2.34. The normalized spacial score (nSPS) is 19.1. The Morgan fingerprint density at radius 2 is 2.06 bits per heavy atom. The van der Waals surface area contributed by atoms with E-state index >= 15 is 0 Å². The Labute approximate surface area is 191 Å². The van der Waals surface area contributed by atoms with Crippen LogP contribution in [-0.2, 0) is 20.9 Å². The summed E-state index contributed by atoms with van der Waals surface area (Å²) in [5, 5.41) is 5.30. The summed E-state index contributed by atoms with van der Waals surface area (Å²) in [5.41, 5.74) is 6.75. The van der Waals surface area contributed by atoms with Gasteiger partial charge >= 0.3 is 0 Å². The third kappa shape index (κ3) is 7.04. The Balaban J connectivity index is 1.55. The molecule has 0 radical (unpaired) electrons. The monoisotopic (exact) mass is 460 g/mol. The number of primary amides is 1. The number of nitrogens with zero attached hydrogens (tertiary/aromatic N) is 2. The van der Waals surface area contributed by atoms with E-state index in [2.05, 4.69) is 29.0 Å². The first-order valence-corrected chi connectivity index (χ1v) is 11.1. The molecule has 1 fully saturated rings. The number of hydrogen-bond donors (Lipinski definition) is 2. The Bertz CT molecular complexity index is 967. The summed E-state index contributed by atoms with van der Waals surface area (Å²) < 4.78 is 16.3. The molecule has 1 aliphatic heterocycles. The fourth-order valence-corrected chi connectivity index (χ4v) is 4.16. The SMILES string of the molecule is COc1cc(/C=C/C(=O)Nc2nc(CN3CC(C)OC(C)C3)cs2)ccc1OCC(N)=O. The van der Waals surface area contributed by atoms with Gasteiger partial charge in [0, 0.05) is 31.1 Å². The van der Waals surface area contributed by atoms with Gasteiger partial charge in [0.2, 0.25) is 5.91 Å². The molecule has 2 atom stereocenters. The van der Waals surface area contributed by atoms with Gasteiger partial charge in [-0.3, -0.25) is 19.8 Å². The zero-order chi connectivity index (χ0) is 23.1. The van der Waals surface area contributed by atoms with E-state index in [-0.39, 0.29) is 24.7 Å². The summed E-state index contributed by atoms with van der Waals surface area (Å²) in [4.78, 5) is 30.0. The highest BCUT2D eigenvalue weighted by molar-refractivity contribution is 7.13. The number of thiazole rings is 1. The van der Waals surface area contributed by atoms with Gasteiger partial charge in [-0.25, -0.2) is 4.98 Å². The van der Waals surface area contributed by atoms with Crippen LogP contribution >= 0.6 is 11.3 Å². The number of ether oxygens (including phenoxy) is 3. The maximum absolute atomic E-state index is 12.3. The molecule has 10 heteroatoms. The largest absolute Gasteiger partial charge is 0.493 e. The number of methoxy groups -OCH3 is 1. The molecule has 2 aromatic rings. The fraction of sp³-hybridized carbons (Fsp3) is 0.409. The second-order valence-electron chi connectivity index (χ2n) is 7.58. The minimum absolute atomic E-state index is 0.198. The van der Waals surface area contributed by atoms with Gasteiger partial charge in [-0.05, 0) is 37.6 Å². The lowest BCUT2D eigenvalue weighted by atomic mass is 10.2. The molecule has 2 heterocycles. The molecule has 0 spiro atoms. The van der Waals surface area contributed by atoms with E-state index in [0.29, 0.717) is 16.6 Å². The van der Waals surface area contributed by atoms with Gasteiger partial charge in [-0.2, -0.15) is 0 Å². The molecule has 0 bridgehead atoms. The van der Waals surface area contributed by atoms with Crippen molar-refractivity contribution in [2.45, 2.75) is 32.6 Å². The Morgan fingerprint density at radius 3 is 2.75 bits per heavy atom. The van der Waals surface area contributed by atoms with Crippen molar-refractivity contribution in [2.24, 2.45) is 5.73 Å². The molecule has 1 aromatic heterocycles. The lowest BCUT2D eigenvalue weighted by molar-refractivity contribution is -0.120. The van der Waals surface area contributed by atoms with Crippen molar-refractivity contribution >= 4 is 34.4 Å². The number of benzene rings is 1. The molecule has 3 rings (SSSR count). The number of nitrogens with one attached hydrogen (secondary N) is 1. The maximum atomic E-state index is 12.3. The third-order valence-corrected chi connectivity index (χ3v) is 5.45. The molecule has 0 saturated carbocycles. The van der Waals surface area contributed by atoms with Gasteiger partial charge in [0.15, 0.2) is 23.2 Å². The van der Waals surface area contributed by atoms with E-state index < -0.39 is 5.91 Å². The summed E-state index contributed by atoms with van der Waals surface area (Å²) in [6, 6.07) is 5.10. The van der Waals surface area contributed by atoms with Crippen LogP contribution in [0.15, 0.2) is 29.7 Å². The van der Waals surface area contributed by atoms with Crippen molar-refractivity contribution in [1.82, 2.24) is 9.88 Å². The summed E-state index contributed by atoms with van der Waals surface area (Å²) >= 11 is 1.40. The van der Waals surface area contributed by atoms with Gasteiger partial charge in [0.1, 0.15) is 0 Å². The van der Waals surface area contributed by atoms with E-state index in [1.807, 2.05) is 5.38 Å². The highest BCUT2D eigenvalue weighted by Gasteiger charge is 2.22. The number of carbonyl (C=O) groups excluding carboxylic acids is 2. The van der Waals surface area contributed by atoms with Gasteiger partial charge in [-0.1, -0.05) is 6.07 Å². The van der Waals surface area contributed by atoms with Crippen molar-refractivity contribution < 1.29 is 23.8 Å². The van der Waals surface area contributed by atoms with Gasteiger partial charge in [0.25, 0.3) is 5.91 Å². The van der Waals surface area contributed by atoms with Gasteiger partial charge in [0.05, 0.1) is 25.0 Å². The number of anilines is 1. The summed E-state index contributed by atoms with van der Waals surface area (Å²) in [6.45, 7) is 6.35. The quantitative estimate of drug-likeness (QED) is 0.552. The summed E-state index contributed by atoms with van der Waals surface area (Å²) in [7, 11) is 1.49. The minimum Gasteiger partial charge on any atom is -0.493 e. The number of amides is 2. The fourth-order valence-electron chi connectivity index (χ4n) is 3.45. The van der Waals surface area contributed by atoms with Crippen molar-refractivity contribution in [1.29, 1.82) is 0 Å². The van der Waals surface area contributed by atoms with E-state index in [4.69, 9.17) is 19.9 Å². The van der Waals surface area contributed by atoms with E-state index in [1.165, 1.54) is 24.5 Å². The van der Waals surface area contributed by atoms with E-state index in [0.717, 1.165) is 30.9 Å². The standard InChI is InChI=1S/C22H28N4O5S/c1-14-9-26(10-15(2)31-14)11-17-13-32-22(24-17)25-21(28)7-5-16-4-6-18(19(8-16)29-3)30-12-20(23)27/h4-8,13-15H,9-12H2,1-3H3,(H2,23,27)(H,24,25,28)/b7-5+. The van der Waals surface area contributed by atoms with Crippen molar-refractivity contribution in [3.63, 3.8) is 0 Å². The average molecular weight is 461 g/mol. The van der Waals surface area contributed by atoms with Crippen LogP contribution in [0.5, 0.6) is 11.5 Å². The topological polar surface area (TPSA) is 116 Å². The first-order chi connectivity index (χ1) is 15.3. The van der Waals surface area contributed by atoms with Crippen LogP contribution in [0.1, 0.15) is 25.1 Å². The van der Waals surface area contributed by atoms with Gasteiger partial charge < -0.3 is 19.9 Å². The molecule has 172 valence electrons. The molecule has 9 nitrogen and oxygen atoms in total. The highest BCUT2D eigenvalue weighted by atomic mass is 32.1. The Hall–Kier alpha value is -2.95. The van der Waals surface area contributed by atoms with Crippen LogP contribution in [0.2, 0.25) is 0 Å². The first-order valence-electron chi connectivity index (χ1n) is 10.2. The van der Waals surface area contributed by atoms with Gasteiger partial charge in [-0.15, -0.1) is 11.3 Å². The van der Waals surface area contributed by atoms with Crippen LogP contribution < -0.4 is 20.5 Å². The van der Waals surface area contributed by atoms with Crippen LogP contribution in [0.3, 0.4) is 0 Å². The number of morpholine rings is 1. The molecule has 1 aliphatic rings. The number of carbonyl (C=O) groups is 2. The number of hydrogen-bond acceptors (Lipinski definition) is 8. The second kappa shape index (κ2) is 11.1. The summed E-state index contributed by atoms with van der Waals surface area (Å²) in [6.07, 6.45) is 3.47. The van der Waals surface area contributed by atoms with Crippen molar-refractivity contribution in [3.8, 4) is 11.5 Å². The van der Waals surface area contributed by atoms with Crippen LogP contribution in [0, 0.1) is 0 Å². The average Bonchev–Trinajstić information content (AvgIpc) is 3.16. The van der Waals surface area contributed by atoms with Crippen LogP contribution in [0.4, 0.5) is 5.13 Å². The predicted octanol–water partition coefficient (Wildman–Crippen LogP) is 2.28. The third-order valence-electron chi connectivity index (χ3n) is 4.65. The molecule has 0 aliphatic carbocycles. The predicted molar refractivity (Wildman–Crippen MR) is 123 cm³/mol. The molecule has 3 N–H and O–H groups in total. The summed E-state index contributed by atoms with van der Waals surface area (Å²) in [5.74, 6) is -0.0305. The molecule has 2 unspecified atom stereocenters. The molecule has 32 heavy (non-hydrogen) atoms. The molecule has 2 amide bonds. The molecular formula is C22H28N4O5S. The molecule has 1 saturated heterocycles. The number of nitrogens with two attached hydrogens (primary N) is 1. The van der Waals surface area contributed by atoms with Crippen molar-refractivity contribution in [3.05, 3.63) is 40.9 Å². The molecular weight excluding hydrogens is 432 g/mol. The number of rotatable bonds is 9. The maximum Gasteiger partial charge on any atom is 0.255 e. The lowest BCUT2D eigenvalue weighted by Crippen LogP contribution is -2.44. The molecule has 1 aromatic carbocycles. The van der Waals surface area contributed by atoms with E-state index in [9.17, 15) is 9.59 Å². The smallest absolute Gasteiger partial charge is 0.255 e. The zero-order valence-corrected chi connectivity index (χ0v) is 19.2. The number of aromatic nitrogens is 1. The Kier molecular flexibility index (Phi) is 8.20. The van der Waals surface area contributed by atoms with Crippen molar-refractivity contribution in [2.75, 3.05) is 32.1 Å². The van der Waals surface area contributed by atoms with Crippen LogP contribution in [0.25, 0.3) is 6.08 Å². The second-order valence-corrected chi connectivity index (χ2v) is 8.44. The highest BCUT2D eigenvalue weighted by Crippen LogP contribution is 2.28. The minimum atomic E-state index is -0.577. The van der Waals surface area contributed by atoms with Crippen LogP contribution in [-0.4, -0.2) is 60.7 Å². The zero-order valence-electron chi connectivity index (χ0n) is 18.4. The Morgan fingerprint density at radius 1 is 1.31 bits per heavy atom.